The number of amides is 2. The number of hydrogen-bond acceptors (Lipinski definition) is 4. The van der Waals surface area contributed by atoms with Crippen molar-refractivity contribution in [3.8, 4) is 0 Å². The lowest BCUT2D eigenvalue weighted by Crippen LogP contribution is -2.37. The van der Waals surface area contributed by atoms with E-state index in [2.05, 4.69) is 5.32 Å². The van der Waals surface area contributed by atoms with Crippen molar-refractivity contribution < 1.29 is 18.0 Å². The smallest absolute Gasteiger partial charge is 0.243 e. The van der Waals surface area contributed by atoms with Crippen LogP contribution in [0.15, 0.2) is 59.5 Å². The summed E-state index contributed by atoms with van der Waals surface area (Å²) in [6.07, 6.45) is 2.46. The van der Waals surface area contributed by atoms with Gasteiger partial charge < -0.3 is 10.2 Å². The first-order valence-electron chi connectivity index (χ1n) is 10.1. The highest BCUT2D eigenvalue weighted by Crippen LogP contribution is 2.16. The SMILES string of the molecule is CCN(CC(=O)Nc1ccc(CC(=O)N2CCCC2)cc1)S(=O)(=O)c1ccccc1. The molecule has 7 nitrogen and oxygen atoms in total. The lowest BCUT2D eigenvalue weighted by molar-refractivity contribution is -0.129. The van der Waals surface area contributed by atoms with Crippen LogP contribution in [0.4, 0.5) is 5.69 Å². The summed E-state index contributed by atoms with van der Waals surface area (Å²) in [6, 6.07) is 15.1. The third-order valence-corrected chi connectivity index (χ3v) is 7.04. The fourth-order valence-corrected chi connectivity index (χ4v) is 4.85. The number of carbonyl (C=O) groups excluding carboxylic acids is 2. The number of sulfonamides is 1. The van der Waals surface area contributed by atoms with E-state index in [4.69, 9.17) is 0 Å². The highest BCUT2D eigenvalue weighted by Gasteiger charge is 2.25. The molecule has 1 N–H and O–H groups in total. The van der Waals surface area contributed by atoms with Gasteiger partial charge in [0.2, 0.25) is 21.8 Å². The van der Waals surface area contributed by atoms with Gasteiger partial charge in [-0.2, -0.15) is 4.31 Å². The van der Waals surface area contributed by atoms with E-state index in [1.165, 1.54) is 12.1 Å². The first-order chi connectivity index (χ1) is 14.4. The Balaban J connectivity index is 1.58. The maximum atomic E-state index is 12.7. The van der Waals surface area contributed by atoms with Crippen molar-refractivity contribution in [2.24, 2.45) is 0 Å². The minimum atomic E-state index is -3.74. The molecule has 2 aromatic carbocycles. The van der Waals surface area contributed by atoms with Gasteiger partial charge in [0.25, 0.3) is 0 Å². The van der Waals surface area contributed by atoms with Gasteiger partial charge in [0, 0.05) is 25.3 Å². The van der Waals surface area contributed by atoms with E-state index >= 15 is 0 Å². The zero-order valence-electron chi connectivity index (χ0n) is 17.1. The zero-order valence-corrected chi connectivity index (χ0v) is 17.9. The van der Waals surface area contributed by atoms with Gasteiger partial charge in [0.15, 0.2) is 0 Å². The van der Waals surface area contributed by atoms with Gasteiger partial charge in [0.05, 0.1) is 17.9 Å². The average Bonchev–Trinajstić information content (AvgIpc) is 3.29. The topological polar surface area (TPSA) is 86.8 Å². The third kappa shape index (κ3) is 5.46. The van der Waals surface area contributed by atoms with Crippen LogP contribution in [0.2, 0.25) is 0 Å². The molecule has 0 unspecified atom stereocenters. The van der Waals surface area contributed by atoms with Crippen molar-refractivity contribution in [1.82, 2.24) is 9.21 Å². The fourth-order valence-electron chi connectivity index (χ4n) is 3.43. The highest BCUT2D eigenvalue weighted by molar-refractivity contribution is 7.89. The summed E-state index contributed by atoms with van der Waals surface area (Å²) < 4.78 is 26.6. The van der Waals surface area contributed by atoms with E-state index in [1.807, 2.05) is 17.0 Å². The summed E-state index contributed by atoms with van der Waals surface area (Å²) in [5.41, 5.74) is 1.44. The third-order valence-electron chi connectivity index (χ3n) is 5.11. The van der Waals surface area contributed by atoms with Gasteiger partial charge >= 0.3 is 0 Å². The van der Waals surface area contributed by atoms with Crippen LogP contribution in [0, 0.1) is 0 Å². The standard InChI is InChI=1S/C22H27N3O4S/c1-2-25(30(28,29)20-8-4-3-5-9-20)17-21(26)23-19-12-10-18(11-13-19)16-22(27)24-14-6-7-15-24/h3-5,8-13H,2,6-7,14-17H2,1H3,(H,23,26). The largest absolute Gasteiger partial charge is 0.342 e. The Morgan fingerprint density at radius 2 is 1.63 bits per heavy atom. The summed E-state index contributed by atoms with van der Waals surface area (Å²) in [5, 5.41) is 2.73. The Kier molecular flexibility index (Phi) is 7.23. The first-order valence-corrected chi connectivity index (χ1v) is 11.6. The molecule has 0 bridgehead atoms. The number of benzene rings is 2. The number of carbonyl (C=O) groups is 2. The number of hydrogen-bond donors (Lipinski definition) is 1. The van der Waals surface area contributed by atoms with Crippen LogP contribution in [0.1, 0.15) is 25.3 Å². The average molecular weight is 430 g/mol. The number of nitrogens with one attached hydrogen (secondary N) is 1. The Morgan fingerprint density at radius 1 is 1.00 bits per heavy atom. The van der Waals surface area contributed by atoms with Crippen LogP contribution in [-0.2, 0) is 26.0 Å². The molecular weight excluding hydrogens is 402 g/mol. The lowest BCUT2D eigenvalue weighted by Gasteiger charge is -2.20. The monoisotopic (exact) mass is 429 g/mol. The van der Waals surface area contributed by atoms with Crippen molar-refractivity contribution in [1.29, 1.82) is 0 Å². The summed E-state index contributed by atoms with van der Waals surface area (Å²) >= 11 is 0. The summed E-state index contributed by atoms with van der Waals surface area (Å²) in [6.45, 7) is 3.25. The zero-order chi connectivity index (χ0) is 21.6. The molecule has 1 aliphatic rings. The maximum Gasteiger partial charge on any atom is 0.243 e. The number of nitrogens with zero attached hydrogens (tertiary/aromatic N) is 2. The Bertz CT molecular complexity index is 969. The van der Waals surface area contributed by atoms with Crippen molar-refractivity contribution in [3.05, 3.63) is 60.2 Å². The normalized spacial score (nSPS) is 14.1. The van der Waals surface area contributed by atoms with Crippen LogP contribution in [0.25, 0.3) is 0 Å². The van der Waals surface area contributed by atoms with Crippen LogP contribution >= 0.6 is 0 Å². The molecule has 2 amide bonds. The molecule has 2 aromatic rings. The Hall–Kier alpha value is -2.71. The van der Waals surface area contributed by atoms with Crippen molar-refractivity contribution in [2.75, 3.05) is 31.5 Å². The van der Waals surface area contributed by atoms with E-state index < -0.39 is 15.9 Å². The minimum absolute atomic E-state index is 0.119. The lowest BCUT2D eigenvalue weighted by atomic mass is 10.1. The quantitative estimate of drug-likeness (QED) is 0.699. The van der Waals surface area contributed by atoms with E-state index in [-0.39, 0.29) is 23.9 Å². The fraction of sp³-hybridized carbons (Fsp3) is 0.364. The second-order valence-electron chi connectivity index (χ2n) is 7.25. The molecule has 1 aliphatic heterocycles. The number of rotatable bonds is 8. The number of anilines is 1. The minimum Gasteiger partial charge on any atom is -0.342 e. The predicted octanol–water partition coefficient (Wildman–Crippen LogP) is 2.50. The molecule has 8 heteroatoms. The van der Waals surface area contributed by atoms with Gasteiger partial charge in [0.1, 0.15) is 0 Å². The van der Waals surface area contributed by atoms with Gasteiger partial charge in [-0.3, -0.25) is 9.59 Å². The first kappa shape index (κ1) is 22.0. The van der Waals surface area contributed by atoms with E-state index in [9.17, 15) is 18.0 Å². The van der Waals surface area contributed by atoms with Crippen LogP contribution < -0.4 is 5.32 Å². The molecular formula is C22H27N3O4S. The van der Waals surface area contributed by atoms with Gasteiger partial charge in [-0.15, -0.1) is 0 Å². The molecule has 3 rings (SSSR count). The second-order valence-corrected chi connectivity index (χ2v) is 9.19. The van der Waals surface area contributed by atoms with Crippen LogP contribution in [-0.4, -0.2) is 55.6 Å². The van der Waals surface area contributed by atoms with Gasteiger partial charge in [-0.25, -0.2) is 8.42 Å². The molecule has 0 atom stereocenters. The molecule has 0 aromatic heterocycles. The number of likely N-dealkylation sites (tertiary alicyclic amines) is 1. The Labute approximate surface area is 177 Å². The highest BCUT2D eigenvalue weighted by atomic mass is 32.2. The van der Waals surface area contributed by atoms with Gasteiger partial charge in [-0.1, -0.05) is 37.3 Å². The molecule has 1 saturated heterocycles. The second kappa shape index (κ2) is 9.86. The number of likely N-dealkylation sites (N-methyl/N-ethyl adjacent to an activating group) is 1. The molecule has 0 aliphatic carbocycles. The molecule has 1 fully saturated rings. The summed E-state index contributed by atoms with van der Waals surface area (Å²) in [4.78, 5) is 26.7. The Morgan fingerprint density at radius 3 is 2.23 bits per heavy atom. The summed E-state index contributed by atoms with van der Waals surface area (Å²) in [7, 11) is -3.74. The van der Waals surface area contributed by atoms with Crippen LogP contribution in [0.5, 0.6) is 0 Å². The van der Waals surface area contributed by atoms with Crippen LogP contribution in [0.3, 0.4) is 0 Å². The van der Waals surface area contributed by atoms with Crippen molar-refractivity contribution in [2.45, 2.75) is 31.1 Å². The molecule has 160 valence electrons. The van der Waals surface area contributed by atoms with E-state index in [0.717, 1.165) is 35.8 Å². The van der Waals surface area contributed by atoms with E-state index in [1.54, 1.807) is 37.3 Å². The van der Waals surface area contributed by atoms with Gasteiger partial charge in [-0.05, 0) is 42.7 Å². The summed E-state index contributed by atoms with van der Waals surface area (Å²) in [5.74, 6) is -0.300. The molecule has 0 spiro atoms. The van der Waals surface area contributed by atoms with Crippen molar-refractivity contribution >= 4 is 27.5 Å². The molecule has 1 heterocycles. The maximum absolute atomic E-state index is 12.7. The molecule has 0 radical (unpaired) electrons. The van der Waals surface area contributed by atoms with E-state index in [0.29, 0.717) is 12.1 Å². The predicted molar refractivity (Wildman–Crippen MR) is 115 cm³/mol. The van der Waals surface area contributed by atoms with Crippen molar-refractivity contribution in [3.63, 3.8) is 0 Å². The molecule has 30 heavy (non-hydrogen) atoms. The molecule has 0 saturated carbocycles.